The van der Waals surface area contributed by atoms with E-state index >= 15 is 0 Å². The van der Waals surface area contributed by atoms with Gasteiger partial charge >= 0.3 is 0 Å². The SMILES string of the molecule is Clc1ccccc1COc1ccc(Br)cc1C=NNc1nc(-c2ccccc2)cs1. The van der Waals surface area contributed by atoms with Gasteiger partial charge in [0.1, 0.15) is 12.4 Å². The molecule has 0 saturated heterocycles. The molecule has 0 bridgehead atoms. The van der Waals surface area contributed by atoms with E-state index in [9.17, 15) is 0 Å². The molecular weight excluding hydrogens is 482 g/mol. The highest BCUT2D eigenvalue weighted by Gasteiger charge is 2.06. The zero-order valence-corrected chi connectivity index (χ0v) is 18.9. The molecule has 0 saturated carbocycles. The summed E-state index contributed by atoms with van der Waals surface area (Å²) in [5.41, 5.74) is 6.76. The van der Waals surface area contributed by atoms with Crippen LogP contribution in [0.3, 0.4) is 0 Å². The second kappa shape index (κ2) is 9.89. The summed E-state index contributed by atoms with van der Waals surface area (Å²) in [5.74, 6) is 0.716. The normalized spacial score (nSPS) is 11.0. The molecule has 4 aromatic rings. The molecule has 150 valence electrons. The Morgan fingerprint density at radius 1 is 1.07 bits per heavy atom. The quantitative estimate of drug-likeness (QED) is 0.216. The van der Waals surface area contributed by atoms with Crippen LogP contribution in [0.2, 0.25) is 5.02 Å². The average Bonchev–Trinajstić information content (AvgIpc) is 3.24. The number of benzene rings is 3. The van der Waals surface area contributed by atoms with Crippen LogP contribution >= 0.6 is 38.9 Å². The monoisotopic (exact) mass is 497 g/mol. The Balaban J connectivity index is 1.45. The lowest BCUT2D eigenvalue weighted by Gasteiger charge is -2.10. The lowest BCUT2D eigenvalue weighted by Crippen LogP contribution is -2.00. The molecule has 0 unspecified atom stereocenters. The van der Waals surface area contributed by atoms with E-state index in [4.69, 9.17) is 16.3 Å². The van der Waals surface area contributed by atoms with Crippen molar-refractivity contribution in [1.82, 2.24) is 4.98 Å². The predicted octanol–water partition coefficient (Wildman–Crippen LogP) is 7.25. The number of nitrogens with one attached hydrogen (secondary N) is 1. The summed E-state index contributed by atoms with van der Waals surface area (Å²) in [6, 6.07) is 23.5. The van der Waals surface area contributed by atoms with Crippen molar-refractivity contribution in [3.8, 4) is 17.0 Å². The molecular formula is C23H17BrClN3OS. The van der Waals surface area contributed by atoms with Crippen LogP contribution in [0.25, 0.3) is 11.3 Å². The van der Waals surface area contributed by atoms with Crippen molar-refractivity contribution in [2.75, 3.05) is 5.43 Å². The maximum atomic E-state index is 6.22. The van der Waals surface area contributed by atoms with Crippen molar-refractivity contribution < 1.29 is 4.74 Å². The maximum absolute atomic E-state index is 6.22. The summed E-state index contributed by atoms with van der Waals surface area (Å²) in [7, 11) is 0. The van der Waals surface area contributed by atoms with E-state index in [1.54, 1.807) is 6.21 Å². The van der Waals surface area contributed by atoms with Crippen LogP contribution in [0.5, 0.6) is 5.75 Å². The fourth-order valence-corrected chi connectivity index (χ4v) is 3.98. The van der Waals surface area contributed by atoms with Gasteiger partial charge in [-0.1, -0.05) is 76.1 Å². The Labute approximate surface area is 192 Å². The molecule has 1 heterocycles. The number of halogens is 2. The number of hydrogen-bond donors (Lipinski definition) is 1. The minimum atomic E-state index is 0.377. The number of nitrogens with zero attached hydrogens (tertiary/aromatic N) is 2. The number of anilines is 1. The number of thiazole rings is 1. The molecule has 0 amide bonds. The van der Waals surface area contributed by atoms with Crippen molar-refractivity contribution in [3.05, 3.63) is 98.8 Å². The van der Waals surface area contributed by atoms with Crippen molar-refractivity contribution in [2.45, 2.75) is 6.61 Å². The first-order valence-electron chi connectivity index (χ1n) is 9.15. The highest BCUT2D eigenvalue weighted by Crippen LogP contribution is 2.26. The number of rotatable bonds is 7. The summed E-state index contributed by atoms with van der Waals surface area (Å²) < 4.78 is 6.93. The van der Waals surface area contributed by atoms with E-state index in [0.29, 0.717) is 17.4 Å². The van der Waals surface area contributed by atoms with Gasteiger partial charge in [0.2, 0.25) is 5.13 Å². The van der Waals surface area contributed by atoms with Crippen LogP contribution in [0, 0.1) is 0 Å². The zero-order chi connectivity index (χ0) is 20.8. The van der Waals surface area contributed by atoms with Gasteiger partial charge in [0, 0.05) is 31.6 Å². The molecule has 0 aliphatic carbocycles. The highest BCUT2D eigenvalue weighted by molar-refractivity contribution is 9.10. The minimum absolute atomic E-state index is 0.377. The fraction of sp³-hybridized carbons (Fsp3) is 0.0435. The Hall–Kier alpha value is -2.67. The van der Waals surface area contributed by atoms with Gasteiger partial charge in [0.05, 0.1) is 11.9 Å². The third-order valence-electron chi connectivity index (χ3n) is 4.25. The van der Waals surface area contributed by atoms with E-state index in [1.807, 2.05) is 78.2 Å². The number of ether oxygens (including phenoxy) is 1. The Morgan fingerprint density at radius 3 is 2.70 bits per heavy atom. The molecule has 0 fully saturated rings. The third kappa shape index (κ3) is 5.27. The van der Waals surface area contributed by atoms with Gasteiger partial charge in [0.15, 0.2) is 0 Å². The molecule has 0 atom stereocenters. The Morgan fingerprint density at radius 2 is 1.87 bits per heavy atom. The molecule has 0 spiro atoms. The van der Waals surface area contributed by atoms with Gasteiger partial charge in [-0.25, -0.2) is 4.98 Å². The molecule has 30 heavy (non-hydrogen) atoms. The van der Waals surface area contributed by atoms with E-state index < -0.39 is 0 Å². The molecule has 0 aliphatic heterocycles. The number of hydrogen-bond acceptors (Lipinski definition) is 5. The van der Waals surface area contributed by atoms with Gasteiger partial charge in [-0.2, -0.15) is 5.10 Å². The molecule has 3 aromatic carbocycles. The summed E-state index contributed by atoms with van der Waals surface area (Å²) in [4.78, 5) is 4.58. The summed E-state index contributed by atoms with van der Waals surface area (Å²) in [5, 5.41) is 7.75. The molecule has 0 aliphatic rings. The van der Waals surface area contributed by atoms with Crippen LogP contribution in [0.4, 0.5) is 5.13 Å². The van der Waals surface area contributed by atoms with Gasteiger partial charge in [-0.05, 0) is 24.3 Å². The van der Waals surface area contributed by atoms with Gasteiger partial charge < -0.3 is 4.74 Å². The van der Waals surface area contributed by atoms with Crippen LogP contribution in [-0.4, -0.2) is 11.2 Å². The lowest BCUT2D eigenvalue weighted by atomic mass is 10.2. The zero-order valence-electron chi connectivity index (χ0n) is 15.8. The summed E-state index contributed by atoms with van der Waals surface area (Å²) >= 11 is 11.2. The first-order chi connectivity index (χ1) is 14.7. The smallest absolute Gasteiger partial charge is 0.203 e. The van der Waals surface area contributed by atoms with Crippen LogP contribution in [0.1, 0.15) is 11.1 Å². The van der Waals surface area contributed by atoms with E-state index in [0.717, 1.165) is 32.0 Å². The van der Waals surface area contributed by atoms with Crippen molar-refractivity contribution in [3.63, 3.8) is 0 Å². The largest absolute Gasteiger partial charge is 0.488 e. The van der Waals surface area contributed by atoms with Crippen LogP contribution < -0.4 is 10.2 Å². The van der Waals surface area contributed by atoms with E-state index in [-0.39, 0.29) is 0 Å². The Kier molecular flexibility index (Phi) is 6.79. The molecule has 1 N–H and O–H groups in total. The molecule has 4 rings (SSSR count). The first kappa shape index (κ1) is 20.6. The fourth-order valence-electron chi connectivity index (χ4n) is 2.75. The summed E-state index contributed by atoms with van der Waals surface area (Å²) in [6.45, 7) is 0.377. The van der Waals surface area contributed by atoms with Crippen molar-refractivity contribution in [1.29, 1.82) is 0 Å². The topological polar surface area (TPSA) is 46.5 Å². The Bertz CT molecular complexity index is 1160. The van der Waals surface area contributed by atoms with Crippen LogP contribution in [0.15, 0.2) is 87.8 Å². The van der Waals surface area contributed by atoms with E-state index in [1.165, 1.54) is 11.3 Å². The van der Waals surface area contributed by atoms with Crippen molar-refractivity contribution in [2.24, 2.45) is 5.10 Å². The number of hydrazone groups is 1. The molecule has 7 heteroatoms. The third-order valence-corrected chi connectivity index (χ3v) is 5.86. The predicted molar refractivity (Wildman–Crippen MR) is 129 cm³/mol. The van der Waals surface area contributed by atoms with Gasteiger partial charge in [-0.3, -0.25) is 5.43 Å². The second-order valence-corrected chi connectivity index (χ2v) is 8.52. The molecule has 1 aromatic heterocycles. The second-order valence-electron chi connectivity index (χ2n) is 6.34. The standard InChI is InChI=1S/C23H17BrClN3OS/c24-19-10-11-22(29-14-17-8-4-5-9-20(17)25)18(12-19)13-26-28-23-27-21(15-30-23)16-6-2-1-3-7-16/h1-13,15H,14H2,(H,27,28). The van der Waals surface area contributed by atoms with Crippen molar-refractivity contribution >= 4 is 50.2 Å². The minimum Gasteiger partial charge on any atom is -0.488 e. The number of aromatic nitrogens is 1. The van der Waals surface area contributed by atoms with Crippen LogP contribution in [-0.2, 0) is 6.61 Å². The van der Waals surface area contributed by atoms with Gasteiger partial charge in [0.25, 0.3) is 0 Å². The lowest BCUT2D eigenvalue weighted by molar-refractivity contribution is 0.306. The maximum Gasteiger partial charge on any atom is 0.203 e. The first-order valence-corrected chi connectivity index (χ1v) is 11.2. The average molecular weight is 499 g/mol. The highest BCUT2D eigenvalue weighted by atomic mass is 79.9. The summed E-state index contributed by atoms with van der Waals surface area (Å²) in [6.07, 6.45) is 1.72. The van der Waals surface area contributed by atoms with E-state index in [2.05, 4.69) is 31.4 Å². The molecule has 4 nitrogen and oxygen atoms in total. The molecule has 0 radical (unpaired) electrons. The van der Waals surface area contributed by atoms with Gasteiger partial charge in [-0.15, -0.1) is 11.3 Å².